The third kappa shape index (κ3) is 4.58. The molecule has 0 aromatic heterocycles. The van der Waals surface area contributed by atoms with Crippen molar-refractivity contribution in [2.45, 2.75) is 37.1 Å². The van der Waals surface area contributed by atoms with E-state index in [1.54, 1.807) is 4.90 Å². The van der Waals surface area contributed by atoms with Gasteiger partial charge in [0.05, 0.1) is 10.5 Å². The van der Waals surface area contributed by atoms with E-state index in [4.69, 9.17) is 4.74 Å². The Bertz CT molecular complexity index is 745. The summed E-state index contributed by atoms with van der Waals surface area (Å²) in [4.78, 5) is 26.1. The third-order valence-corrected chi connectivity index (χ3v) is 6.11. The van der Waals surface area contributed by atoms with Crippen molar-refractivity contribution in [1.29, 1.82) is 0 Å². The number of benzene rings is 1. The van der Waals surface area contributed by atoms with Gasteiger partial charge in [0.25, 0.3) is 5.91 Å². The Labute approximate surface area is 148 Å². The number of carbonyl (C=O) groups excluding carboxylic acids is 2. The van der Waals surface area contributed by atoms with Crippen LogP contribution in [0.1, 0.15) is 36.5 Å². The van der Waals surface area contributed by atoms with Crippen LogP contribution >= 0.6 is 0 Å². The molecule has 1 heterocycles. The van der Waals surface area contributed by atoms with Crippen molar-refractivity contribution in [3.05, 3.63) is 29.8 Å². The molecule has 7 nitrogen and oxygen atoms in total. The lowest BCUT2D eigenvalue weighted by molar-refractivity contribution is -0.137. The van der Waals surface area contributed by atoms with E-state index in [2.05, 4.69) is 0 Å². The van der Waals surface area contributed by atoms with Crippen LogP contribution in [-0.2, 0) is 19.6 Å². The number of piperidine rings is 1. The zero-order chi connectivity index (χ0) is 18.6. The van der Waals surface area contributed by atoms with Gasteiger partial charge in [-0.2, -0.15) is 0 Å². The molecule has 1 atom stereocenters. The monoisotopic (exact) mass is 368 g/mol. The molecule has 0 radical (unpaired) electrons. The number of nitrogens with zero attached hydrogens (tertiary/aromatic N) is 2. The lowest BCUT2D eigenvalue weighted by Crippen LogP contribution is -2.44. The zero-order valence-corrected chi connectivity index (χ0v) is 15.6. The summed E-state index contributed by atoms with van der Waals surface area (Å²) in [6, 6.07) is 5.75. The van der Waals surface area contributed by atoms with Crippen LogP contribution in [0.3, 0.4) is 0 Å². The minimum atomic E-state index is -3.64. The molecule has 1 saturated heterocycles. The normalized spacial score (nSPS) is 18.2. The molecule has 0 spiro atoms. The Morgan fingerprint density at radius 2 is 2.00 bits per heavy atom. The maximum atomic E-state index is 12.2. The number of rotatable bonds is 5. The summed E-state index contributed by atoms with van der Waals surface area (Å²) in [5.74, 6) is -0.938. The highest BCUT2D eigenvalue weighted by atomic mass is 32.2. The molecule has 1 fully saturated rings. The van der Waals surface area contributed by atoms with E-state index in [1.807, 2.05) is 6.92 Å². The molecule has 25 heavy (non-hydrogen) atoms. The Morgan fingerprint density at radius 1 is 1.28 bits per heavy atom. The zero-order valence-electron chi connectivity index (χ0n) is 14.8. The second-order valence-corrected chi connectivity index (χ2v) is 8.48. The van der Waals surface area contributed by atoms with Crippen LogP contribution in [0.15, 0.2) is 29.2 Å². The lowest BCUT2D eigenvalue weighted by atomic mass is 10.0. The van der Waals surface area contributed by atoms with E-state index in [-0.39, 0.29) is 29.0 Å². The summed E-state index contributed by atoms with van der Waals surface area (Å²) < 4.78 is 30.4. The maximum Gasteiger partial charge on any atom is 0.338 e. The van der Waals surface area contributed by atoms with E-state index in [0.717, 1.165) is 23.6 Å². The fourth-order valence-corrected chi connectivity index (χ4v) is 3.70. The van der Waals surface area contributed by atoms with Crippen molar-refractivity contribution in [3.63, 3.8) is 0 Å². The van der Waals surface area contributed by atoms with Crippen LogP contribution < -0.4 is 0 Å². The second kappa shape index (κ2) is 7.97. The van der Waals surface area contributed by atoms with Crippen molar-refractivity contribution in [3.8, 4) is 0 Å². The summed E-state index contributed by atoms with van der Waals surface area (Å²) in [6.07, 6.45) is 3.00. The molecule has 1 aliphatic rings. The molecule has 0 N–H and O–H groups in total. The Morgan fingerprint density at radius 3 is 2.64 bits per heavy atom. The summed E-state index contributed by atoms with van der Waals surface area (Å²) in [7, 11) is -0.807. The molecule has 1 unspecified atom stereocenters. The predicted molar refractivity (Wildman–Crippen MR) is 92.6 cm³/mol. The minimum Gasteiger partial charge on any atom is -0.452 e. The lowest BCUT2D eigenvalue weighted by Gasteiger charge is -2.33. The number of amides is 1. The second-order valence-electron chi connectivity index (χ2n) is 6.32. The van der Waals surface area contributed by atoms with Crippen LogP contribution in [0, 0.1) is 0 Å². The van der Waals surface area contributed by atoms with Crippen LogP contribution in [0.2, 0.25) is 0 Å². The van der Waals surface area contributed by atoms with Crippen LogP contribution in [-0.4, -0.2) is 62.8 Å². The van der Waals surface area contributed by atoms with E-state index in [1.165, 1.54) is 38.4 Å². The van der Waals surface area contributed by atoms with E-state index in [0.29, 0.717) is 6.54 Å². The molecule has 1 aliphatic heterocycles. The van der Waals surface area contributed by atoms with Crippen molar-refractivity contribution in [2.75, 3.05) is 27.2 Å². The Hall–Kier alpha value is -1.93. The summed E-state index contributed by atoms with van der Waals surface area (Å²) in [5, 5.41) is 0. The highest BCUT2D eigenvalue weighted by molar-refractivity contribution is 7.89. The maximum absolute atomic E-state index is 12.2. The minimum absolute atomic E-state index is 0.00271. The molecular weight excluding hydrogens is 344 g/mol. The molecule has 0 aliphatic carbocycles. The van der Waals surface area contributed by atoms with Crippen LogP contribution in [0.5, 0.6) is 0 Å². The number of carbonyl (C=O) groups is 2. The van der Waals surface area contributed by atoms with Gasteiger partial charge in [-0.1, -0.05) is 6.07 Å². The highest BCUT2D eigenvalue weighted by Gasteiger charge is 2.24. The first-order chi connectivity index (χ1) is 11.7. The summed E-state index contributed by atoms with van der Waals surface area (Å²) in [6.45, 7) is 2.32. The van der Waals surface area contributed by atoms with Gasteiger partial charge in [0.15, 0.2) is 6.61 Å². The van der Waals surface area contributed by atoms with Gasteiger partial charge >= 0.3 is 5.97 Å². The standard InChI is InChI=1S/C17H24N2O5S/c1-13-7-4-5-10-19(13)16(20)12-24-17(21)14-8-6-9-15(11-14)25(22,23)18(2)3/h6,8-9,11,13H,4-5,7,10,12H2,1-3H3. The van der Waals surface area contributed by atoms with Gasteiger partial charge in [0, 0.05) is 26.7 Å². The fourth-order valence-electron chi connectivity index (χ4n) is 2.76. The van der Waals surface area contributed by atoms with Crippen molar-refractivity contribution in [2.24, 2.45) is 0 Å². The van der Waals surface area contributed by atoms with Gasteiger partial charge in [-0.3, -0.25) is 4.79 Å². The Balaban J connectivity index is 2.03. The van der Waals surface area contributed by atoms with Crippen LogP contribution in [0.25, 0.3) is 0 Å². The highest BCUT2D eigenvalue weighted by Crippen LogP contribution is 2.17. The largest absolute Gasteiger partial charge is 0.452 e. The molecule has 8 heteroatoms. The molecular formula is C17H24N2O5S. The molecule has 1 aromatic rings. The van der Waals surface area contributed by atoms with Gasteiger partial charge in [0.2, 0.25) is 10.0 Å². The molecule has 138 valence electrons. The predicted octanol–water partition coefficient (Wildman–Crippen LogP) is 1.49. The first kappa shape index (κ1) is 19.4. The molecule has 1 amide bonds. The number of hydrogen-bond donors (Lipinski definition) is 0. The van der Waals surface area contributed by atoms with Crippen molar-refractivity contribution in [1.82, 2.24) is 9.21 Å². The van der Waals surface area contributed by atoms with Gasteiger partial charge in [-0.05, 0) is 44.4 Å². The van der Waals surface area contributed by atoms with Gasteiger partial charge in [-0.15, -0.1) is 0 Å². The SMILES string of the molecule is CC1CCCCN1C(=O)COC(=O)c1cccc(S(=O)(=O)N(C)C)c1. The van der Waals surface area contributed by atoms with E-state index in [9.17, 15) is 18.0 Å². The first-order valence-electron chi connectivity index (χ1n) is 8.22. The third-order valence-electron chi connectivity index (χ3n) is 4.30. The van der Waals surface area contributed by atoms with Gasteiger partial charge in [0.1, 0.15) is 0 Å². The number of likely N-dealkylation sites (tertiary alicyclic amines) is 1. The van der Waals surface area contributed by atoms with E-state index >= 15 is 0 Å². The quantitative estimate of drug-likeness (QED) is 0.736. The first-order valence-corrected chi connectivity index (χ1v) is 9.66. The average molecular weight is 368 g/mol. The molecule has 0 bridgehead atoms. The molecule has 2 rings (SSSR count). The summed E-state index contributed by atoms with van der Waals surface area (Å²) in [5.41, 5.74) is 0.0995. The van der Waals surface area contributed by atoms with Crippen LogP contribution in [0.4, 0.5) is 0 Å². The molecule has 1 aromatic carbocycles. The van der Waals surface area contributed by atoms with Crippen molar-refractivity contribution >= 4 is 21.9 Å². The van der Waals surface area contributed by atoms with Crippen molar-refractivity contribution < 1.29 is 22.7 Å². The average Bonchev–Trinajstić information content (AvgIpc) is 2.59. The van der Waals surface area contributed by atoms with Gasteiger partial charge < -0.3 is 9.64 Å². The number of esters is 1. The summed E-state index contributed by atoms with van der Waals surface area (Å²) >= 11 is 0. The Kier molecular flexibility index (Phi) is 6.18. The molecule has 0 saturated carbocycles. The topological polar surface area (TPSA) is 84.0 Å². The number of ether oxygens (including phenoxy) is 1. The van der Waals surface area contributed by atoms with Gasteiger partial charge in [-0.25, -0.2) is 17.5 Å². The van der Waals surface area contributed by atoms with E-state index < -0.39 is 16.0 Å². The number of hydrogen-bond acceptors (Lipinski definition) is 5. The number of sulfonamides is 1. The fraction of sp³-hybridized carbons (Fsp3) is 0.529. The smallest absolute Gasteiger partial charge is 0.338 e.